The molecule has 1 aromatic carbocycles. The molecule has 0 radical (unpaired) electrons. The van der Waals surface area contributed by atoms with Crippen LogP contribution >= 0.6 is 11.8 Å². The van der Waals surface area contributed by atoms with Gasteiger partial charge in [-0.3, -0.25) is 9.88 Å². The van der Waals surface area contributed by atoms with Crippen LogP contribution in [-0.4, -0.2) is 65.5 Å². The van der Waals surface area contributed by atoms with Crippen LogP contribution in [0.3, 0.4) is 0 Å². The Morgan fingerprint density at radius 3 is 2.93 bits per heavy atom. The third-order valence-corrected chi connectivity index (χ3v) is 6.16. The zero-order chi connectivity index (χ0) is 19.5. The van der Waals surface area contributed by atoms with Crippen molar-refractivity contribution >= 4 is 23.5 Å². The molecule has 6 nitrogen and oxygen atoms in total. The van der Waals surface area contributed by atoms with Gasteiger partial charge in [-0.25, -0.2) is 4.79 Å². The van der Waals surface area contributed by atoms with Gasteiger partial charge in [-0.2, -0.15) is 0 Å². The molecule has 0 saturated carbocycles. The second-order valence-electron chi connectivity index (χ2n) is 7.25. The van der Waals surface area contributed by atoms with E-state index < -0.39 is 0 Å². The number of hydrogen-bond acceptors (Lipinski definition) is 5. The second-order valence-corrected chi connectivity index (χ2v) is 8.10. The lowest BCUT2D eigenvalue weighted by atomic mass is 10.1. The molecule has 2 atom stereocenters. The van der Waals surface area contributed by atoms with Crippen molar-refractivity contribution in [3.8, 4) is 0 Å². The summed E-state index contributed by atoms with van der Waals surface area (Å²) in [7, 11) is 0. The van der Waals surface area contributed by atoms with Gasteiger partial charge in [-0.05, 0) is 37.4 Å². The summed E-state index contributed by atoms with van der Waals surface area (Å²) in [5.74, 6) is 0. The number of aromatic nitrogens is 1. The molecule has 0 bridgehead atoms. The predicted octanol–water partition coefficient (Wildman–Crippen LogP) is 3.23. The monoisotopic (exact) mass is 398 g/mol. The van der Waals surface area contributed by atoms with E-state index in [0.717, 1.165) is 35.1 Å². The van der Waals surface area contributed by atoms with Crippen molar-refractivity contribution < 1.29 is 9.53 Å². The summed E-state index contributed by atoms with van der Waals surface area (Å²) in [4.78, 5) is 22.8. The van der Waals surface area contributed by atoms with Crippen molar-refractivity contribution in [3.63, 3.8) is 0 Å². The number of hydrogen-bond donors (Lipinski definition) is 1. The molecule has 0 spiro atoms. The van der Waals surface area contributed by atoms with Crippen LogP contribution in [0.25, 0.3) is 0 Å². The highest BCUT2D eigenvalue weighted by Gasteiger charge is 2.41. The Morgan fingerprint density at radius 1 is 1.25 bits per heavy atom. The van der Waals surface area contributed by atoms with Crippen LogP contribution in [0.4, 0.5) is 10.5 Å². The minimum absolute atomic E-state index is 0.0557. The number of nitrogens with zero attached hydrogens (tertiary/aromatic N) is 3. The number of anilines is 1. The molecule has 2 saturated heterocycles. The normalized spacial score (nSPS) is 22.1. The van der Waals surface area contributed by atoms with E-state index in [-0.39, 0.29) is 18.2 Å². The topological polar surface area (TPSA) is 57.7 Å². The van der Waals surface area contributed by atoms with Crippen molar-refractivity contribution in [1.82, 2.24) is 14.8 Å². The fourth-order valence-corrected chi connectivity index (χ4v) is 4.51. The molecule has 148 valence electrons. The highest BCUT2D eigenvalue weighted by molar-refractivity contribution is 7.98. The lowest BCUT2D eigenvalue weighted by Gasteiger charge is -2.36. The fraction of sp³-hybridized carbons (Fsp3) is 0.429. The van der Waals surface area contributed by atoms with Gasteiger partial charge in [0.05, 0.1) is 36.7 Å². The molecule has 3 heterocycles. The van der Waals surface area contributed by atoms with Gasteiger partial charge >= 0.3 is 6.03 Å². The Hall–Kier alpha value is -2.09. The van der Waals surface area contributed by atoms with Crippen LogP contribution < -0.4 is 5.32 Å². The number of urea groups is 1. The molecule has 1 N–H and O–H groups in total. The second kappa shape index (κ2) is 8.51. The number of likely N-dealkylation sites (tertiary alicyclic amines) is 1. The first-order chi connectivity index (χ1) is 13.6. The van der Waals surface area contributed by atoms with Gasteiger partial charge in [0.15, 0.2) is 0 Å². The Morgan fingerprint density at radius 2 is 2.11 bits per heavy atom. The minimum Gasteiger partial charge on any atom is -0.373 e. The Labute approximate surface area is 170 Å². The number of amides is 2. The van der Waals surface area contributed by atoms with Crippen molar-refractivity contribution in [2.75, 3.05) is 37.8 Å². The summed E-state index contributed by atoms with van der Waals surface area (Å²) in [6, 6.07) is 14.2. The number of rotatable bonds is 4. The van der Waals surface area contributed by atoms with E-state index in [1.807, 2.05) is 54.5 Å². The van der Waals surface area contributed by atoms with E-state index in [4.69, 9.17) is 4.74 Å². The number of thioether (sulfide) groups is 1. The molecule has 2 aliphatic rings. The first kappa shape index (κ1) is 19.2. The molecule has 7 heteroatoms. The van der Waals surface area contributed by atoms with Crippen molar-refractivity contribution in [1.29, 1.82) is 0 Å². The number of pyridine rings is 1. The smallest absolute Gasteiger partial charge is 0.322 e. The van der Waals surface area contributed by atoms with Crippen molar-refractivity contribution in [2.45, 2.75) is 30.5 Å². The zero-order valence-electron chi connectivity index (χ0n) is 16.3. The Bertz CT molecular complexity index is 847. The number of nitrogens with one attached hydrogen (secondary N) is 1. The van der Waals surface area contributed by atoms with Crippen LogP contribution in [0.5, 0.6) is 0 Å². The maximum Gasteiger partial charge on any atom is 0.322 e. The lowest BCUT2D eigenvalue weighted by molar-refractivity contribution is -0.0507. The third-order valence-electron chi connectivity index (χ3n) is 5.36. The third kappa shape index (κ3) is 4.16. The molecular weight excluding hydrogens is 372 g/mol. The maximum absolute atomic E-state index is 12.9. The van der Waals surface area contributed by atoms with Gasteiger partial charge in [-0.15, -0.1) is 11.8 Å². The van der Waals surface area contributed by atoms with Crippen LogP contribution in [0.15, 0.2) is 47.4 Å². The van der Waals surface area contributed by atoms with Crippen LogP contribution in [0, 0.1) is 6.92 Å². The Balaban J connectivity index is 1.43. The number of aryl methyl sites for hydroxylation is 1. The summed E-state index contributed by atoms with van der Waals surface area (Å²) in [6.45, 7) is 5.65. The number of ether oxygens (including phenoxy) is 1. The highest BCUT2D eigenvalue weighted by Crippen LogP contribution is 2.27. The fourth-order valence-electron chi connectivity index (χ4n) is 3.96. The molecule has 2 fully saturated rings. The molecule has 2 aliphatic heterocycles. The van der Waals surface area contributed by atoms with Gasteiger partial charge in [-0.1, -0.05) is 18.2 Å². The van der Waals surface area contributed by atoms with Crippen molar-refractivity contribution in [3.05, 3.63) is 53.9 Å². The van der Waals surface area contributed by atoms with Gasteiger partial charge in [0.2, 0.25) is 0 Å². The van der Waals surface area contributed by atoms with E-state index in [1.165, 1.54) is 0 Å². The summed E-state index contributed by atoms with van der Waals surface area (Å²) in [5, 5.41) is 3.06. The lowest BCUT2D eigenvalue weighted by Crippen LogP contribution is -2.50. The van der Waals surface area contributed by atoms with Crippen LogP contribution in [-0.2, 0) is 11.3 Å². The number of fused-ring (bicyclic) bond motifs is 1. The summed E-state index contributed by atoms with van der Waals surface area (Å²) in [6.07, 6.45) is 2.07. The molecule has 0 unspecified atom stereocenters. The van der Waals surface area contributed by atoms with Gasteiger partial charge in [0.25, 0.3) is 0 Å². The molecule has 2 amide bonds. The SMILES string of the molecule is CSc1ccccc1NC(=O)N1C[C@@H]2OCCN(Cc3cccc(C)n3)[C@H]2C1. The van der Waals surface area contributed by atoms with Crippen molar-refractivity contribution in [2.24, 2.45) is 0 Å². The number of benzene rings is 1. The first-order valence-corrected chi connectivity index (χ1v) is 10.8. The van der Waals surface area contributed by atoms with E-state index in [1.54, 1.807) is 11.8 Å². The van der Waals surface area contributed by atoms with Gasteiger partial charge in [0, 0.05) is 30.2 Å². The standard InChI is InChI=1S/C21H26N4O2S/c1-15-6-5-7-16(22-15)12-24-10-11-27-19-14-25(13-18(19)24)21(26)23-17-8-3-4-9-20(17)28-2/h3-9,18-19H,10-14H2,1-2H3,(H,23,26)/t18-,19-/m0/s1. The van der Waals surface area contributed by atoms with Gasteiger partial charge < -0.3 is 15.0 Å². The average molecular weight is 399 g/mol. The predicted molar refractivity (Wildman–Crippen MR) is 112 cm³/mol. The van der Waals surface area contributed by atoms with E-state index >= 15 is 0 Å². The largest absolute Gasteiger partial charge is 0.373 e. The summed E-state index contributed by atoms with van der Waals surface area (Å²) in [5.41, 5.74) is 2.95. The summed E-state index contributed by atoms with van der Waals surface area (Å²) >= 11 is 1.63. The van der Waals surface area contributed by atoms with E-state index in [0.29, 0.717) is 19.7 Å². The maximum atomic E-state index is 12.9. The van der Waals surface area contributed by atoms with Gasteiger partial charge in [0.1, 0.15) is 0 Å². The Kier molecular flexibility index (Phi) is 5.85. The molecule has 28 heavy (non-hydrogen) atoms. The highest BCUT2D eigenvalue weighted by atomic mass is 32.2. The number of carbonyl (C=O) groups is 1. The zero-order valence-corrected chi connectivity index (χ0v) is 17.1. The number of para-hydroxylation sites is 1. The minimum atomic E-state index is -0.0619. The van der Waals surface area contributed by atoms with Crippen LogP contribution in [0.1, 0.15) is 11.4 Å². The van der Waals surface area contributed by atoms with Crippen LogP contribution in [0.2, 0.25) is 0 Å². The summed E-state index contributed by atoms with van der Waals surface area (Å²) < 4.78 is 5.98. The molecule has 0 aliphatic carbocycles. The van der Waals surface area contributed by atoms with E-state index in [2.05, 4.69) is 21.3 Å². The number of carbonyl (C=O) groups excluding carboxylic acids is 1. The average Bonchev–Trinajstić information content (AvgIpc) is 3.14. The molecule has 4 rings (SSSR count). The molecule has 1 aromatic heterocycles. The number of morpholine rings is 1. The first-order valence-electron chi connectivity index (χ1n) is 9.61. The quantitative estimate of drug-likeness (QED) is 0.802. The molecule has 2 aromatic rings. The van der Waals surface area contributed by atoms with E-state index in [9.17, 15) is 4.79 Å². The molecular formula is C21H26N4O2S.